The molecule has 2 aliphatic rings. The number of fused-ring (bicyclic) bond motifs is 1. The van der Waals surface area contributed by atoms with Gasteiger partial charge in [-0.25, -0.2) is 0 Å². The van der Waals surface area contributed by atoms with Crippen LogP contribution >= 0.6 is 0 Å². The molecule has 1 atom stereocenters. The normalized spacial score (nSPS) is 27.0. The minimum Gasteiger partial charge on any atom is -0.0839 e. The van der Waals surface area contributed by atoms with Crippen molar-refractivity contribution in [1.82, 2.24) is 0 Å². The van der Waals surface area contributed by atoms with Crippen molar-refractivity contribution in [2.45, 2.75) is 32.4 Å². The molecule has 0 aromatic rings. The fourth-order valence-corrected chi connectivity index (χ4v) is 3.81. The van der Waals surface area contributed by atoms with Crippen LogP contribution in [0.3, 0.4) is 0 Å². The SMILES string of the molecule is C[Si](C)=C1CCC2CC=CC=C12. The highest BCUT2D eigenvalue weighted by Gasteiger charge is 2.25. The van der Waals surface area contributed by atoms with Gasteiger partial charge in [-0.15, -0.1) is 0 Å². The summed E-state index contributed by atoms with van der Waals surface area (Å²) in [6.07, 6.45) is 11.0. The quantitative estimate of drug-likeness (QED) is 0.498. The first kappa shape index (κ1) is 8.18. The molecule has 1 fully saturated rings. The van der Waals surface area contributed by atoms with Gasteiger partial charge in [0, 0.05) is 8.41 Å². The Hall–Kier alpha value is -0.433. The second-order valence-corrected chi connectivity index (χ2v) is 6.60. The average Bonchev–Trinajstić information content (AvgIpc) is 2.47. The van der Waals surface area contributed by atoms with Gasteiger partial charge < -0.3 is 0 Å². The molecule has 1 heteroatoms. The summed E-state index contributed by atoms with van der Waals surface area (Å²) in [6.45, 7) is 4.84. The summed E-state index contributed by atoms with van der Waals surface area (Å²) in [5.74, 6) is 0.893. The Labute approximate surface area is 76.2 Å². The van der Waals surface area contributed by atoms with Gasteiger partial charge in [-0.05, 0) is 30.8 Å². The number of rotatable bonds is 0. The van der Waals surface area contributed by atoms with E-state index in [2.05, 4.69) is 31.3 Å². The molecule has 0 aromatic carbocycles. The molecule has 0 radical (unpaired) electrons. The van der Waals surface area contributed by atoms with Gasteiger partial charge in [0.2, 0.25) is 0 Å². The fourth-order valence-electron chi connectivity index (χ4n) is 2.30. The van der Waals surface area contributed by atoms with Gasteiger partial charge in [-0.3, -0.25) is 0 Å². The lowest BCUT2D eigenvalue weighted by atomic mass is 9.95. The van der Waals surface area contributed by atoms with Gasteiger partial charge in [0.15, 0.2) is 0 Å². The van der Waals surface area contributed by atoms with Gasteiger partial charge in [0.1, 0.15) is 0 Å². The first-order chi connectivity index (χ1) is 5.79. The highest BCUT2D eigenvalue weighted by molar-refractivity contribution is 6.72. The highest BCUT2D eigenvalue weighted by Crippen LogP contribution is 2.33. The molecule has 1 saturated carbocycles. The molecular weight excluding hydrogens is 160 g/mol. The maximum Gasteiger partial charge on any atom is 0.00784 e. The lowest BCUT2D eigenvalue weighted by molar-refractivity contribution is 0.633. The molecule has 0 aromatic heterocycles. The molecule has 2 rings (SSSR count). The third-order valence-corrected chi connectivity index (χ3v) is 4.71. The van der Waals surface area contributed by atoms with E-state index in [1.165, 1.54) is 19.3 Å². The summed E-state index contributed by atoms with van der Waals surface area (Å²) in [5, 5.41) is 1.81. The summed E-state index contributed by atoms with van der Waals surface area (Å²) >= 11 is 0. The van der Waals surface area contributed by atoms with Crippen molar-refractivity contribution >= 4 is 13.6 Å². The van der Waals surface area contributed by atoms with Gasteiger partial charge in [-0.2, -0.15) is 0 Å². The number of hydrogen-bond donors (Lipinski definition) is 0. The molecule has 0 bridgehead atoms. The zero-order chi connectivity index (χ0) is 8.55. The average molecular weight is 176 g/mol. The third kappa shape index (κ3) is 1.26. The van der Waals surface area contributed by atoms with Crippen LogP contribution in [0.25, 0.3) is 0 Å². The fraction of sp³-hybridized carbons (Fsp3) is 0.545. The van der Waals surface area contributed by atoms with Crippen LogP contribution in [0.15, 0.2) is 23.8 Å². The van der Waals surface area contributed by atoms with Gasteiger partial charge in [-0.1, -0.05) is 36.5 Å². The van der Waals surface area contributed by atoms with E-state index in [0.29, 0.717) is 0 Å². The topological polar surface area (TPSA) is 0 Å². The maximum absolute atomic E-state index is 2.42. The second kappa shape index (κ2) is 3.13. The van der Waals surface area contributed by atoms with Crippen LogP contribution in [0.2, 0.25) is 13.1 Å². The summed E-state index contributed by atoms with van der Waals surface area (Å²) < 4.78 is 0. The monoisotopic (exact) mass is 176 g/mol. The van der Waals surface area contributed by atoms with E-state index < -0.39 is 0 Å². The van der Waals surface area contributed by atoms with Gasteiger partial charge >= 0.3 is 0 Å². The van der Waals surface area contributed by atoms with Crippen LogP contribution in [0.4, 0.5) is 0 Å². The summed E-state index contributed by atoms with van der Waals surface area (Å²) in [7, 11) is -0.167. The Kier molecular flexibility index (Phi) is 2.14. The Balaban J connectivity index is 2.37. The van der Waals surface area contributed by atoms with Gasteiger partial charge in [0.25, 0.3) is 0 Å². The molecular formula is C11H16Si. The predicted molar refractivity (Wildman–Crippen MR) is 57.1 cm³/mol. The van der Waals surface area contributed by atoms with Crippen LogP contribution in [0, 0.1) is 5.92 Å². The van der Waals surface area contributed by atoms with E-state index in [9.17, 15) is 0 Å². The smallest absolute Gasteiger partial charge is 0.00784 e. The largest absolute Gasteiger partial charge is 0.0839 e. The summed E-state index contributed by atoms with van der Waals surface area (Å²) in [5.41, 5.74) is 1.70. The van der Waals surface area contributed by atoms with Crippen molar-refractivity contribution in [3.05, 3.63) is 23.8 Å². The highest BCUT2D eigenvalue weighted by atomic mass is 28.2. The molecule has 2 aliphatic carbocycles. The Morgan fingerprint density at radius 3 is 3.00 bits per heavy atom. The molecule has 0 N–H and O–H groups in total. The molecule has 0 spiro atoms. The van der Waals surface area contributed by atoms with Crippen molar-refractivity contribution in [3.63, 3.8) is 0 Å². The van der Waals surface area contributed by atoms with Crippen LogP contribution in [-0.4, -0.2) is 13.6 Å². The molecule has 64 valence electrons. The van der Waals surface area contributed by atoms with E-state index in [1.807, 2.05) is 5.17 Å². The van der Waals surface area contributed by atoms with E-state index in [-0.39, 0.29) is 8.41 Å². The van der Waals surface area contributed by atoms with Crippen molar-refractivity contribution in [2.24, 2.45) is 5.92 Å². The van der Waals surface area contributed by atoms with Crippen LogP contribution in [0.1, 0.15) is 19.3 Å². The third-order valence-electron chi connectivity index (χ3n) is 2.97. The lowest BCUT2D eigenvalue weighted by Crippen LogP contribution is -2.10. The Bertz CT molecular complexity index is 277. The van der Waals surface area contributed by atoms with Crippen LogP contribution < -0.4 is 0 Å². The maximum atomic E-state index is 2.42. The van der Waals surface area contributed by atoms with Gasteiger partial charge in [0.05, 0.1) is 0 Å². The van der Waals surface area contributed by atoms with Crippen molar-refractivity contribution < 1.29 is 0 Å². The molecule has 12 heavy (non-hydrogen) atoms. The zero-order valence-electron chi connectivity index (χ0n) is 7.93. The van der Waals surface area contributed by atoms with E-state index in [0.717, 1.165) is 5.92 Å². The van der Waals surface area contributed by atoms with Crippen LogP contribution in [-0.2, 0) is 0 Å². The second-order valence-electron chi connectivity index (χ2n) is 4.00. The molecule has 0 saturated heterocycles. The first-order valence-electron chi connectivity index (χ1n) is 4.82. The first-order valence-corrected chi connectivity index (χ1v) is 7.32. The minimum absolute atomic E-state index is 0.167. The van der Waals surface area contributed by atoms with E-state index in [4.69, 9.17) is 0 Å². The predicted octanol–water partition coefficient (Wildman–Crippen LogP) is 2.79. The summed E-state index contributed by atoms with van der Waals surface area (Å²) in [4.78, 5) is 0. The molecule has 0 amide bonds. The Morgan fingerprint density at radius 1 is 1.42 bits per heavy atom. The van der Waals surface area contributed by atoms with Crippen molar-refractivity contribution in [1.29, 1.82) is 0 Å². The summed E-state index contributed by atoms with van der Waals surface area (Å²) in [6, 6.07) is 0. The van der Waals surface area contributed by atoms with E-state index >= 15 is 0 Å². The zero-order valence-corrected chi connectivity index (χ0v) is 8.93. The van der Waals surface area contributed by atoms with Crippen LogP contribution in [0.5, 0.6) is 0 Å². The Morgan fingerprint density at radius 2 is 2.25 bits per heavy atom. The standard InChI is InChI=1S/C11H16Si/c1-12(2)11-8-7-9-5-3-4-6-10(9)11/h3-4,6,9H,5,7-8H2,1-2H3. The van der Waals surface area contributed by atoms with E-state index in [1.54, 1.807) is 5.57 Å². The molecule has 0 aliphatic heterocycles. The molecule has 0 heterocycles. The number of hydrogen-bond acceptors (Lipinski definition) is 0. The lowest BCUT2D eigenvalue weighted by Gasteiger charge is -2.13. The minimum atomic E-state index is -0.167. The van der Waals surface area contributed by atoms with Crippen molar-refractivity contribution in [2.75, 3.05) is 0 Å². The molecule has 0 nitrogen and oxygen atoms in total. The van der Waals surface area contributed by atoms with Crippen molar-refractivity contribution in [3.8, 4) is 0 Å². The molecule has 1 unspecified atom stereocenters. The number of allylic oxidation sites excluding steroid dienone is 4.